The van der Waals surface area contributed by atoms with Gasteiger partial charge in [-0.25, -0.2) is 0 Å². The maximum atomic E-state index is 2.42. The summed E-state index contributed by atoms with van der Waals surface area (Å²) < 4.78 is 9.31. The normalized spacial score (nSPS) is 10.6. The number of fused-ring (bicyclic) bond motifs is 4. The maximum absolute atomic E-state index is 2.92. The molecule has 0 aromatic heterocycles. The van der Waals surface area contributed by atoms with Gasteiger partial charge in [0, 0.05) is 0 Å². The van der Waals surface area contributed by atoms with Gasteiger partial charge in [0.1, 0.15) is 0 Å². The van der Waals surface area contributed by atoms with Gasteiger partial charge >= 0.3 is 420 Å². The molecule has 0 atom stereocenters. The molecule has 8 aliphatic carbocycles. The average molecular weight is 1270 g/mol. The summed E-state index contributed by atoms with van der Waals surface area (Å²) in [4.78, 5) is 0. The Morgan fingerprint density at radius 3 is 0.586 bits per heavy atom. The predicted octanol–water partition coefficient (Wildman–Crippen LogP) is 14.3. The van der Waals surface area contributed by atoms with Crippen LogP contribution in [0.15, 0.2) is 291 Å². The Hall–Kier alpha value is -6.26. The summed E-state index contributed by atoms with van der Waals surface area (Å²) in [6.07, 6.45) is 0. The van der Waals surface area contributed by atoms with Crippen LogP contribution < -0.4 is 13.3 Å². The molecule has 0 spiro atoms. The first-order chi connectivity index (χ1) is 33.8. The van der Waals surface area contributed by atoms with Crippen LogP contribution in [0, 0.1) is 0 Å². The monoisotopic (exact) mass is 1270 g/mol. The molecule has 0 N–H and O–H groups in total. The van der Waals surface area contributed by atoms with E-state index in [0.29, 0.717) is 0 Å². The van der Waals surface area contributed by atoms with Gasteiger partial charge in [-0.1, -0.05) is 0 Å². The quantitative estimate of drug-likeness (QED) is 0.133. The molecule has 0 heterocycles. The van der Waals surface area contributed by atoms with Crippen molar-refractivity contribution in [1.29, 1.82) is 0 Å². The topological polar surface area (TPSA) is 0 Å². The van der Waals surface area contributed by atoms with Crippen LogP contribution >= 0.6 is 24.8 Å². The molecule has 70 heavy (non-hydrogen) atoms. The van der Waals surface area contributed by atoms with E-state index in [9.17, 15) is 0 Å². The fourth-order valence-corrected chi connectivity index (χ4v) is 33.1. The standard InChI is InChI=1S/2C13H10.4C10H7.2ClH.2Hf/c2*1-3-7-12(8-4-1)11-13-9-5-2-6-10-13;4*1-2-5-9-7-4-8-10(9)6-3-1;;;;/h2*1-10H;4*1-7H;2*1H;;. The van der Waals surface area contributed by atoms with Crippen molar-refractivity contribution < 1.29 is 41.9 Å². The van der Waals surface area contributed by atoms with E-state index in [-0.39, 0.29) is 24.8 Å². The molecule has 0 nitrogen and oxygen atoms in total. The molecule has 8 aliphatic rings. The van der Waals surface area contributed by atoms with Crippen LogP contribution in [0.2, 0.25) is 0 Å². The third-order valence-electron chi connectivity index (χ3n) is 13.0. The molecule has 0 saturated heterocycles. The van der Waals surface area contributed by atoms with E-state index in [2.05, 4.69) is 291 Å². The fraction of sp³-hybridized carbons (Fsp3) is 0. The van der Waals surface area contributed by atoms with Crippen LogP contribution in [0.25, 0.3) is 44.5 Å². The molecule has 12 rings (SSSR count). The molecule has 0 amide bonds. The van der Waals surface area contributed by atoms with Gasteiger partial charge in [0.15, 0.2) is 0 Å². The van der Waals surface area contributed by atoms with Gasteiger partial charge in [0.25, 0.3) is 0 Å². The van der Waals surface area contributed by atoms with Crippen molar-refractivity contribution in [3.63, 3.8) is 0 Å². The van der Waals surface area contributed by atoms with Crippen molar-refractivity contribution in [2.45, 2.75) is 0 Å². The van der Waals surface area contributed by atoms with Gasteiger partial charge in [-0.05, 0) is 0 Å². The third-order valence-corrected chi connectivity index (χ3v) is 34.7. The van der Waals surface area contributed by atoms with Crippen LogP contribution in [0.4, 0.5) is 0 Å². The summed E-state index contributed by atoms with van der Waals surface area (Å²) in [5, 5.41) is 0. The first-order valence-electron chi connectivity index (χ1n) is 23.4. The third kappa shape index (κ3) is 10.2. The second-order valence-electron chi connectivity index (χ2n) is 17.1. The van der Waals surface area contributed by atoms with Gasteiger partial charge < -0.3 is 0 Å². The molecule has 4 aromatic rings. The van der Waals surface area contributed by atoms with Crippen LogP contribution in [0.3, 0.4) is 0 Å². The molecule has 4 heteroatoms. The molecule has 4 aromatic carbocycles. The summed E-state index contributed by atoms with van der Waals surface area (Å²) in [6.45, 7) is 0. The molecule has 0 fully saturated rings. The minimum absolute atomic E-state index is 0. The molecular formula is C66H50Cl2Hf2. The summed E-state index contributed by atoms with van der Waals surface area (Å²) in [5.74, 6) is 0. The molecule has 336 valence electrons. The number of rotatable bonds is 8. The van der Waals surface area contributed by atoms with Gasteiger partial charge in [-0.3, -0.25) is 0 Å². The second-order valence-corrected chi connectivity index (χ2v) is 33.8. The van der Waals surface area contributed by atoms with E-state index in [0.717, 1.165) is 0 Å². The zero-order valence-corrected chi connectivity index (χ0v) is 47.3. The van der Waals surface area contributed by atoms with Crippen molar-refractivity contribution >= 4 is 44.6 Å². The van der Waals surface area contributed by atoms with Crippen LogP contribution in [0.5, 0.6) is 0 Å². The van der Waals surface area contributed by atoms with Crippen LogP contribution in [-0.4, -0.2) is 6.51 Å². The molecule has 0 radical (unpaired) electrons. The molecule has 0 aliphatic heterocycles. The van der Waals surface area contributed by atoms with E-state index in [4.69, 9.17) is 0 Å². The first-order valence-corrected chi connectivity index (χ1v) is 34.2. The molecular weight excluding hydrogens is 1220 g/mol. The Balaban J connectivity index is 0.000000169. The van der Waals surface area contributed by atoms with E-state index in [1.165, 1.54) is 66.8 Å². The fourth-order valence-electron chi connectivity index (χ4n) is 9.89. The summed E-state index contributed by atoms with van der Waals surface area (Å²) in [5.41, 5.74) is 16.3. The number of benzene rings is 4. The first kappa shape index (κ1) is 48.8. The average Bonchev–Trinajstić information content (AvgIpc) is 3.98. The van der Waals surface area contributed by atoms with E-state index < -0.39 is 41.9 Å². The molecule has 0 bridgehead atoms. The molecule has 0 unspecified atom stereocenters. The van der Waals surface area contributed by atoms with Gasteiger partial charge in [0.05, 0.1) is 0 Å². The summed E-state index contributed by atoms with van der Waals surface area (Å²) >= 11 is -5.84. The summed E-state index contributed by atoms with van der Waals surface area (Å²) in [6, 6.07) is 107. The number of halogens is 2. The van der Waals surface area contributed by atoms with Crippen molar-refractivity contribution in [3.8, 4) is 44.5 Å². The van der Waals surface area contributed by atoms with Gasteiger partial charge in [0.2, 0.25) is 0 Å². The Labute approximate surface area is 440 Å². The Kier molecular flexibility index (Phi) is 16.1. The SMILES string of the molecule is Cl.Cl.c1ccc([C](c2ccccc2)=[Hf]([c]2ccc3cccccc2-3)[c]2ccc3cccccc2-3)cc1.c1ccc([C](c2ccccc2)=[Hf]([c]2ccc3cccccc2-3)[c]2ccc3cccccc2-3)cc1. The van der Waals surface area contributed by atoms with Crippen molar-refractivity contribution in [2.75, 3.05) is 0 Å². The number of hydrogen-bond donors (Lipinski definition) is 0. The number of hydrogen-bond acceptors (Lipinski definition) is 0. The Bertz CT molecular complexity index is 3080. The van der Waals surface area contributed by atoms with Crippen LogP contribution in [-0.2, 0) is 41.9 Å². The van der Waals surface area contributed by atoms with Gasteiger partial charge in [-0.15, -0.1) is 24.8 Å². The van der Waals surface area contributed by atoms with Crippen molar-refractivity contribution in [1.82, 2.24) is 0 Å². The second kappa shape index (κ2) is 23.1. The Morgan fingerprint density at radius 1 is 0.186 bits per heavy atom. The van der Waals surface area contributed by atoms with E-state index in [1.807, 2.05) is 0 Å². The van der Waals surface area contributed by atoms with Crippen LogP contribution in [0.1, 0.15) is 22.3 Å². The van der Waals surface area contributed by atoms with Crippen molar-refractivity contribution in [2.24, 2.45) is 0 Å². The summed E-state index contributed by atoms with van der Waals surface area (Å²) in [7, 11) is 0. The van der Waals surface area contributed by atoms with Gasteiger partial charge in [-0.2, -0.15) is 0 Å². The zero-order valence-electron chi connectivity index (χ0n) is 38.5. The van der Waals surface area contributed by atoms with Crippen molar-refractivity contribution in [3.05, 3.63) is 313 Å². The molecule has 0 saturated carbocycles. The van der Waals surface area contributed by atoms with E-state index in [1.54, 1.807) is 19.8 Å². The minimum atomic E-state index is -2.92. The van der Waals surface area contributed by atoms with E-state index >= 15 is 0 Å². The predicted molar refractivity (Wildman–Crippen MR) is 297 cm³/mol. The Morgan fingerprint density at radius 2 is 0.371 bits per heavy atom. The zero-order chi connectivity index (χ0) is 45.5.